The van der Waals surface area contributed by atoms with Crippen LogP contribution < -0.4 is 5.32 Å². The summed E-state index contributed by atoms with van der Waals surface area (Å²) < 4.78 is 5.53. The average molecular weight is 349 g/mol. The molecule has 1 N–H and O–H groups in total. The van der Waals surface area contributed by atoms with Crippen LogP contribution >= 0.6 is 23.4 Å². The molecule has 1 aromatic carbocycles. The van der Waals surface area contributed by atoms with Gasteiger partial charge < -0.3 is 10.1 Å². The van der Waals surface area contributed by atoms with Crippen LogP contribution in [0.5, 0.6) is 0 Å². The zero-order valence-corrected chi connectivity index (χ0v) is 14.1. The Labute approximate surface area is 144 Å². The third kappa shape index (κ3) is 4.47. The van der Waals surface area contributed by atoms with Crippen LogP contribution in [0.4, 0.5) is 0 Å². The highest BCUT2D eigenvalue weighted by atomic mass is 35.5. The largest absolute Gasteiger partial charge is 0.376 e. The topological polar surface area (TPSA) is 51.2 Å². The first-order chi connectivity index (χ1) is 11.2. The number of nitrogens with one attached hydrogen (secondary N) is 1. The van der Waals surface area contributed by atoms with Gasteiger partial charge in [-0.05, 0) is 49.2 Å². The Hall–Kier alpha value is -1.56. The van der Waals surface area contributed by atoms with Crippen LogP contribution in [0.15, 0.2) is 52.5 Å². The summed E-state index contributed by atoms with van der Waals surface area (Å²) in [7, 11) is 0. The van der Waals surface area contributed by atoms with E-state index >= 15 is 0 Å². The molecule has 23 heavy (non-hydrogen) atoms. The van der Waals surface area contributed by atoms with Gasteiger partial charge in [-0.2, -0.15) is 0 Å². The fraction of sp³-hybridized carbons (Fsp3) is 0.294. The van der Waals surface area contributed by atoms with E-state index in [4.69, 9.17) is 16.3 Å². The predicted octanol–water partition coefficient (Wildman–Crippen LogP) is 3.80. The molecule has 6 heteroatoms. The molecule has 2 heterocycles. The molecule has 4 nitrogen and oxygen atoms in total. The molecule has 1 amide bonds. The first-order valence-electron chi connectivity index (χ1n) is 7.50. The lowest BCUT2D eigenvalue weighted by atomic mass is 10.2. The van der Waals surface area contributed by atoms with E-state index in [9.17, 15) is 4.79 Å². The molecular formula is C17H17ClN2O2S. The maximum absolute atomic E-state index is 12.4. The quantitative estimate of drug-likeness (QED) is 0.893. The van der Waals surface area contributed by atoms with Gasteiger partial charge in [-0.3, -0.25) is 4.79 Å². The van der Waals surface area contributed by atoms with Crippen molar-refractivity contribution in [2.24, 2.45) is 0 Å². The predicted molar refractivity (Wildman–Crippen MR) is 91.1 cm³/mol. The summed E-state index contributed by atoms with van der Waals surface area (Å²) in [6.45, 7) is 1.32. The molecule has 1 aliphatic rings. The highest BCUT2D eigenvalue weighted by molar-refractivity contribution is 7.99. The Morgan fingerprint density at radius 1 is 1.35 bits per heavy atom. The molecule has 0 saturated carbocycles. The molecule has 0 bridgehead atoms. The van der Waals surface area contributed by atoms with Crippen molar-refractivity contribution < 1.29 is 9.53 Å². The number of aromatic nitrogens is 1. The number of hydrogen-bond donors (Lipinski definition) is 1. The number of benzene rings is 1. The molecule has 0 unspecified atom stereocenters. The van der Waals surface area contributed by atoms with Crippen LogP contribution in [-0.2, 0) is 4.74 Å². The van der Waals surface area contributed by atoms with Gasteiger partial charge in [0.05, 0.1) is 11.7 Å². The molecule has 0 radical (unpaired) electrons. The number of ether oxygens (including phenoxy) is 1. The zero-order valence-electron chi connectivity index (χ0n) is 12.5. The van der Waals surface area contributed by atoms with Crippen LogP contribution in [0.2, 0.25) is 5.02 Å². The number of nitrogens with zero attached hydrogens (tertiary/aromatic N) is 1. The third-order valence-corrected chi connectivity index (χ3v) is 4.84. The van der Waals surface area contributed by atoms with Crippen LogP contribution in [-0.4, -0.2) is 30.1 Å². The molecule has 2 aromatic rings. The number of carbonyl (C=O) groups excluding carboxylic acids is 1. The zero-order chi connectivity index (χ0) is 16.1. The molecule has 1 saturated heterocycles. The van der Waals surface area contributed by atoms with E-state index < -0.39 is 0 Å². The van der Waals surface area contributed by atoms with Gasteiger partial charge in [0, 0.05) is 29.3 Å². The van der Waals surface area contributed by atoms with Gasteiger partial charge in [-0.15, -0.1) is 0 Å². The molecule has 1 aliphatic heterocycles. The van der Waals surface area contributed by atoms with Crippen molar-refractivity contribution in [3.8, 4) is 0 Å². The summed E-state index contributed by atoms with van der Waals surface area (Å²) in [6, 6.07) is 11.0. The van der Waals surface area contributed by atoms with E-state index in [1.807, 2.05) is 24.3 Å². The van der Waals surface area contributed by atoms with Crippen molar-refractivity contribution >= 4 is 29.3 Å². The molecule has 1 atom stereocenters. The van der Waals surface area contributed by atoms with Gasteiger partial charge >= 0.3 is 0 Å². The Morgan fingerprint density at radius 2 is 2.17 bits per heavy atom. The fourth-order valence-corrected chi connectivity index (χ4v) is 3.37. The number of carbonyl (C=O) groups is 1. The average Bonchev–Trinajstić information content (AvgIpc) is 3.09. The van der Waals surface area contributed by atoms with Gasteiger partial charge in [0.15, 0.2) is 0 Å². The second-order valence-corrected chi connectivity index (χ2v) is 6.76. The Kier molecular flexibility index (Phi) is 5.54. The minimum absolute atomic E-state index is 0.120. The van der Waals surface area contributed by atoms with Crippen molar-refractivity contribution in [1.82, 2.24) is 10.3 Å². The van der Waals surface area contributed by atoms with Crippen molar-refractivity contribution in [2.45, 2.75) is 28.9 Å². The van der Waals surface area contributed by atoms with Crippen molar-refractivity contribution in [2.75, 3.05) is 13.2 Å². The molecule has 3 rings (SSSR count). The van der Waals surface area contributed by atoms with Crippen LogP contribution in [0.3, 0.4) is 0 Å². The number of amides is 1. The lowest BCUT2D eigenvalue weighted by Crippen LogP contribution is -2.32. The SMILES string of the molecule is O=C(NC[C@H]1CCCO1)c1cccnc1Sc1ccc(Cl)cc1. The fourth-order valence-electron chi connectivity index (χ4n) is 2.37. The van der Waals surface area contributed by atoms with E-state index in [2.05, 4.69) is 10.3 Å². The second-order valence-electron chi connectivity index (χ2n) is 5.26. The maximum atomic E-state index is 12.4. The van der Waals surface area contributed by atoms with Crippen LogP contribution in [0.25, 0.3) is 0 Å². The number of hydrogen-bond acceptors (Lipinski definition) is 4. The Balaban J connectivity index is 1.69. The standard InChI is InChI=1S/C17H17ClN2O2S/c18-12-5-7-14(8-6-12)23-17-15(4-1-9-19-17)16(21)20-11-13-3-2-10-22-13/h1,4-9,13H,2-3,10-11H2,(H,20,21)/t13-/m1/s1. The first kappa shape index (κ1) is 16.3. The highest BCUT2D eigenvalue weighted by Gasteiger charge is 2.18. The van der Waals surface area contributed by atoms with Gasteiger partial charge in [-0.1, -0.05) is 23.4 Å². The van der Waals surface area contributed by atoms with Crippen LogP contribution in [0.1, 0.15) is 23.2 Å². The molecular weight excluding hydrogens is 332 g/mol. The van der Waals surface area contributed by atoms with Gasteiger partial charge in [0.1, 0.15) is 5.03 Å². The number of pyridine rings is 1. The minimum atomic E-state index is -0.120. The minimum Gasteiger partial charge on any atom is -0.376 e. The molecule has 1 aromatic heterocycles. The second kappa shape index (κ2) is 7.81. The monoisotopic (exact) mass is 348 g/mol. The Morgan fingerprint density at radius 3 is 2.91 bits per heavy atom. The number of rotatable bonds is 5. The molecule has 120 valence electrons. The summed E-state index contributed by atoms with van der Waals surface area (Å²) in [5.41, 5.74) is 0.574. The third-order valence-electron chi connectivity index (χ3n) is 3.56. The summed E-state index contributed by atoms with van der Waals surface area (Å²) in [6.07, 6.45) is 3.88. The van der Waals surface area contributed by atoms with Crippen molar-refractivity contribution in [3.63, 3.8) is 0 Å². The summed E-state index contributed by atoms with van der Waals surface area (Å²) in [4.78, 5) is 17.7. The lowest BCUT2D eigenvalue weighted by molar-refractivity contribution is 0.0855. The van der Waals surface area contributed by atoms with Crippen molar-refractivity contribution in [3.05, 3.63) is 53.2 Å². The first-order valence-corrected chi connectivity index (χ1v) is 8.70. The smallest absolute Gasteiger partial charge is 0.254 e. The molecule has 0 aliphatic carbocycles. The maximum Gasteiger partial charge on any atom is 0.254 e. The summed E-state index contributed by atoms with van der Waals surface area (Å²) >= 11 is 7.35. The van der Waals surface area contributed by atoms with Gasteiger partial charge in [0.25, 0.3) is 5.91 Å². The molecule has 0 spiro atoms. The lowest BCUT2D eigenvalue weighted by Gasteiger charge is -2.12. The summed E-state index contributed by atoms with van der Waals surface area (Å²) in [5.74, 6) is -0.120. The van der Waals surface area contributed by atoms with E-state index in [-0.39, 0.29) is 12.0 Å². The normalized spacial score (nSPS) is 17.2. The van der Waals surface area contributed by atoms with Gasteiger partial charge in [-0.25, -0.2) is 4.98 Å². The van der Waals surface area contributed by atoms with Gasteiger partial charge in [0.2, 0.25) is 0 Å². The van der Waals surface area contributed by atoms with E-state index in [0.29, 0.717) is 22.2 Å². The Bertz CT molecular complexity index is 673. The summed E-state index contributed by atoms with van der Waals surface area (Å²) in [5, 5.41) is 4.30. The molecule has 1 fully saturated rings. The van der Waals surface area contributed by atoms with Crippen LogP contribution in [0, 0.1) is 0 Å². The van der Waals surface area contributed by atoms with E-state index in [1.54, 1.807) is 18.3 Å². The number of halogens is 1. The van der Waals surface area contributed by atoms with E-state index in [1.165, 1.54) is 11.8 Å². The van der Waals surface area contributed by atoms with Crippen molar-refractivity contribution in [1.29, 1.82) is 0 Å². The van der Waals surface area contributed by atoms with E-state index in [0.717, 1.165) is 24.3 Å². The highest BCUT2D eigenvalue weighted by Crippen LogP contribution is 2.29.